The molecule has 2 aromatic carbocycles. The quantitative estimate of drug-likeness (QED) is 0.372. The summed E-state index contributed by atoms with van der Waals surface area (Å²) < 4.78 is 0. The molecule has 24 heavy (non-hydrogen) atoms. The van der Waals surface area contributed by atoms with Crippen molar-refractivity contribution in [2.75, 3.05) is 0 Å². The first-order valence-electron chi connectivity index (χ1n) is 7.22. The molecule has 0 saturated heterocycles. The number of nitrogens with zero attached hydrogens (tertiary/aromatic N) is 2. The topological polar surface area (TPSA) is 25.8 Å². The minimum Gasteiger partial charge on any atom is -0.206 e. The molecule has 122 valence electrons. The molecule has 0 fully saturated rings. The third-order valence-electron chi connectivity index (χ3n) is 3.71. The highest BCUT2D eigenvalue weighted by molar-refractivity contribution is 6.36. The lowest BCUT2D eigenvalue weighted by Gasteiger charge is -2.20. The summed E-state index contributed by atoms with van der Waals surface area (Å²) in [5.41, 5.74) is 2.78. The monoisotopic (exact) mass is 396 g/mol. The SMILES string of the molecule is Clc1cccc(C(Cc2ccccc2)c2c(Cl)nc(Cl)nc2Cl)c1. The molecule has 0 bridgehead atoms. The van der Waals surface area contributed by atoms with Crippen LogP contribution < -0.4 is 0 Å². The smallest absolute Gasteiger partial charge is 0.206 e. The number of halogens is 4. The fourth-order valence-electron chi connectivity index (χ4n) is 2.64. The molecule has 0 aliphatic carbocycles. The summed E-state index contributed by atoms with van der Waals surface area (Å²) in [4.78, 5) is 8.09. The first kappa shape index (κ1) is 17.5. The van der Waals surface area contributed by atoms with Crippen molar-refractivity contribution in [3.05, 3.63) is 91.9 Å². The van der Waals surface area contributed by atoms with Crippen molar-refractivity contribution in [3.63, 3.8) is 0 Å². The maximum atomic E-state index is 6.33. The Kier molecular flexibility index (Phi) is 5.62. The Morgan fingerprint density at radius 2 is 1.46 bits per heavy atom. The minimum atomic E-state index is -0.136. The molecule has 2 nitrogen and oxygen atoms in total. The second-order valence-corrected chi connectivity index (χ2v) is 6.78. The molecule has 0 aliphatic rings. The predicted octanol–water partition coefficient (Wildman–Crippen LogP) is 6.46. The molecule has 3 rings (SSSR count). The van der Waals surface area contributed by atoms with Crippen LogP contribution in [0, 0.1) is 0 Å². The molecule has 6 heteroatoms. The molecule has 0 spiro atoms. The second-order valence-electron chi connectivity index (χ2n) is 5.29. The van der Waals surface area contributed by atoms with Gasteiger partial charge in [-0.05, 0) is 41.3 Å². The van der Waals surface area contributed by atoms with Crippen LogP contribution in [-0.2, 0) is 6.42 Å². The maximum absolute atomic E-state index is 6.33. The van der Waals surface area contributed by atoms with E-state index in [1.165, 1.54) is 0 Å². The Labute approximate surface area is 160 Å². The molecular weight excluding hydrogens is 386 g/mol. The van der Waals surface area contributed by atoms with Crippen molar-refractivity contribution in [2.45, 2.75) is 12.3 Å². The Bertz CT molecular complexity index is 830. The molecule has 1 aromatic heterocycles. The van der Waals surface area contributed by atoms with E-state index >= 15 is 0 Å². The Balaban J connectivity index is 2.12. The summed E-state index contributed by atoms with van der Waals surface area (Å²) in [5.74, 6) is -0.136. The maximum Gasteiger partial charge on any atom is 0.225 e. The average Bonchev–Trinajstić information content (AvgIpc) is 2.54. The number of benzene rings is 2. The first-order chi connectivity index (χ1) is 11.5. The van der Waals surface area contributed by atoms with Crippen molar-refractivity contribution in [1.82, 2.24) is 9.97 Å². The second kappa shape index (κ2) is 7.71. The van der Waals surface area contributed by atoms with Gasteiger partial charge in [-0.25, -0.2) is 9.97 Å². The Morgan fingerprint density at radius 1 is 0.792 bits per heavy atom. The zero-order valence-corrected chi connectivity index (χ0v) is 15.4. The molecule has 0 aliphatic heterocycles. The van der Waals surface area contributed by atoms with E-state index in [-0.39, 0.29) is 21.5 Å². The van der Waals surface area contributed by atoms with Crippen molar-refractivity contribution in [2.24, 2.45) is 0 Å². The normalized spacial score (nSPS) is 12.2. The van der Waals surface area contributed by atoms with E-state index in [0.717, 1.165) is 11.1 Å². The number of hydrogen-bond acceptors (Lipinski definition) is 2. The fraction of sp³-hybridized carbons (Fsp3) is 0.111. The number of rotatable bonds is 4. The summed E-state index contributed by atoms with van der Waals surface area (Å²) >= 11 is 24.7. The highest BCUT2D eigenvalue weighted by Gasteiger charge is 2.23. The van der Waals surface area contributed by atoms with E-state index in [2.05, 4.69) is 22.1 Å². The molecular formula is C18H12Cl4N2. The lowest BCUT2D eigenvalue weighted by molar-refractivity contribution is 0.792. The van der Waals surface area contributed by atoms with Crippen LogP contribution in [0.3, 0.4) is 0 Å². The van der Waals surface area contributed by atoms with E-state index in [1.54, 1.807) is 0 Å². The van der Waals surface area contributed by atoms with Gasteiger partial charge in [0, 0.05) is 16.5 Å². The van der Waals surface area contributed by atoms with Crippen LogP contribution in [0.15, 0.2) is 54.6 Å². The molecule has 1 atom stereocenters. The van der Waals surface area contributed by atoms with Gasteiger partial charge in [0.15, 0.2) is 0 Å². The summed E-state index contributed by atoms with van der Waals surface area (Å²) in [6.07, 6.45) is 0.686. The molecule has 0 saturated carbocycles. The van der Waals surface area contributed by atoms with Crippen LogP contribution in [0.2, 0.25) is 20.6 Å². The third kappa shape index (κ3) is 4.01. The number of aromatic nitrogens is 2. The van der Waals surface area contributed by atoms with E-state index in [1.807, 2.05) is 42.5 Å². The summed E-state index contributed by atoms with van der Waals surface area (Å²) in [6, 6.07) is 17.7. The van der Waals surface area contributed by atoms with Crippen molar-refractivity contribution in [3.8, 4) is 0 Å². The van der Waals surface area contributed by atoms with E-state index in [0.29, 0.717) is 17.0 Å². The van der Waals surface area contributed by atoms with Gasteiger partial charge in [-0.2, -0.15) is 0 Å². The summed E-state index contributed by atoms with van der Waals surface area (Å²) in [7, 11) is 0. The van der Waals surface area contributed by atoms with Gasteiger partial charge in [-0.15, -0.1) is 0 Å². The zero-order chi connectivity index (χ0) is 17.1. The van der Waals surface area contributed by atoms with Crippen LogP contribution in [0.4, 0.5) is 0 Å². The summed E-state index contributed by atoms with van der Waals surface area (Å²) in [5, 5.41) is 1.17. The third-order valence-corrected chi connectivity index (χ3v) is 4.69. The van der Waals surface area contributed by atoms with E-state index < -0.39 is 0 Å². The van der Waals surface area contributed by atoms with Gasteiger partial charge in [0.1, 0.15) is 10.3 Å². The van der Waals surface area contributed by atoms with Gasteiger partial charge in [-0.1, -0.05) is 77.3 Å². The highest BCUT2D eigenvalue weighted by Crippen LogP contribution is 2.37. The van der Waals surface area contributed by atoms with Gasteiger partial charge in [0.2, 0.25) is 5.28 Å². The van der Waals surface area contributed by atoms with Gasteiger partial charge in [0.25, 0.3) is 0 Å². The predicted molar refractivity (Wildman–Crippen MR) is 101 cm³/mol. The molecule has 0 N–H and O–H groups in total. The van der Waals surface area contributed by atoms with E-state index in [4.69, 9.17) is 46.4 Å². The lowest BCUT2D eigenvalue weighted by atomic mass is 9.87. The van der Waals surface area contributed by atoms with Crippen LogP contribution in [-0.4, -0.2) is 9.97 Å². The van der Waals surface area contributed by atoms with Crippen LogP contribution in [0.5, 0.6) is 0 Å². The molecule has 0 amide bonds. The number of hydrogen-bond donors (Lipinski definition) is 0. The summed E-state index contributed by atoms with van der Waals surface area (Å²) in [6.45, 7) is 0. The fourth-order valence-corrected chi connectivity index (χ4v) is 3.74. The van der Waals surface area contributed by atoms with Crippen LogP contribution in [0.1, 0.15) is 22.6 Å². The zero-order valence-electron chi connectivity index (χ0n) is 12.4. The molecule has 1 unspecified atom stereocenters. The molecule has 1 heterocycles. The standard InChI is InChI=1S/C18H12Cl4N2/c19-13-8-4-7-12(10-13)14(9-11-5-2-1-3-6-11)15-16(20)23-18(22)24-17(15)21/h1-8,10,14H,9H2. The van der Waals surface area contributed by atoms with Crippen molar-refractivity contribution < 1.29 is 0 Å². The Hall–Kier alpha value is -1.32. The van der Waals surface area contributed by atoms with Crippen molar-refractivity contribution >= 4 is 46.4 Å². The van der Waals surface area contributed by atoms with Gasteiger partial charge in [-0.3, -0.25) is 0 Å². The lowest BCUT2D eigenvalue weighted by Crippen LogP contribution is -2.09. The average molecular weight is 398 g/mol. The van der Waals surface area contributed by atoms with Gasteiger partial charge >= 0.3 is 0 Å². The van der Waals surface area contributed by atoms with E-state index in [9.17, 15) is 0 Å². The van der Waals surface area contributed by atoms with Crippen LogP contribution in [0.25, 0.3) is 0 Å². The largest absolute Gasteiger partial charge is 0.225 e. The van der Waals surface area contributed by atoms with Crippen LogP contribution >= 0.6 is 46.4 Å². The van der Waals surface area contributed by atoms with Gasteiger partial charge < -0.3 is 0 Å². The van der Waals surface area contributed by atoms with Gasteiger partial charge in [0.05, 0.1) is 0 Å². The van der Waals surface area contributed by atoms with Crippen molar-refractivity contribution in [1.29, 1.82) is 0 Å². The molecule has 3 aromatic rings. The molecule has 0 radical (unpaired) electrons. The Morgan fingerprint density at radius 3 is 2.08 bits per heavy atom. The first-order valence-corrected chi connectivity index (χ1v) is 8.73. The highest BCUT2D eigenvalue weighted by atomic mass is 35.5. The minimum absolute atomic E-state index is 0.0262.